The molecular formula is C19H32Cl2N4O2. The van der Waals surface area contributed by atoms with Gasteiger partial charge in [-0.25, -0.2) is 0 Å². The molecule has 1 aromatic rings. The van der Waals surface area contributed by atoms with Crippen LogP contribution >= 0.6 is 24.8 Å². The van der Waals surface area contributed by atoms with Crippen molar-refractivity contribution in [3.63, 3.8) is 0 Å². The quantitative estimate of drug-likeness (QED) is 0.600. The number of nitrogens with one attached hydrogen (secondary N) is 2. The van der Waals surface area contributed by atoms with Crippen LogP contribution in [0.15, 0.2) is 24.3 Å². The number of nitrogens with two attached hydrogens (primary N) is 1. The van der Waals surface area contributed by atoms with Gasteiger partial charge in [0.2, 0.25) is 11.8 Å². The van der Waals surface area contributed by atoms with E-state index in [2.05, 4.69) is 21.6 Å². The zero-order chi connectivity index (χ0) is 18.2. The molecule has 1 aliphatic rings. The molecule has 1 saturated heterocycles. The van der Waals surface area contributed by atoms with E-state index in [9.17, 15) is 9.59 Å². The second-order valence-electron chi connectivity index (χ2n) is 7.02. The van der Waals surface area contributed by atoms with Gasteiger partial charge in [0.25, 0.3) is 0 Å². The minimum atomic E-state index is -0.589. The van der Waals surface area contributed by atoms with E-state index in [-0.39, 0.29) is 49.1 Å². The van der Waals surface area contributed by atoms with Crippen LogP contribution in [-0.2, 0) is 22.7 Å². The Hall–Kier alpha value is -1.34. The summed E-state index contributed by atoms with van der Waals surface area (Å²) in [7, 11) is 0. The van der Waals surface area contributed by atoms with E-state index >= 15 is 0 Å². The molecule has 0 radical (unpaired) electrons. The lowest BCUT2D eigenvalue weighted by atomic mass is 10.1. The number of hydrogen-bond donors (Lipinski definition) is 3. The van der Waals surface area contributed by atoms with Gasteiger partial charge in [0.1, 0.15) is 0 Å². The largest absolute Gasteiger partial charge is 0.350 e. The summed E-state index contributed by atoms with van der Waals surface area (Å²) in [5, 5.41) is 5.46. The van der Waals surface area contributed by atoms with Gasteiger partial charge in [0.15, 0.2) is 0 Å². The topological polar surface area (TPSA) is 87.5 Å². The van der Waals surface area contributed by atoms with Crippen LogP contribution in [0.1, 0.15) is 37.8 Å². The minimum Gasteiger partial charge on any atom is -0.350 e. The van der Waals surface area contributed by atoms with Crippen molar-refractivity contribution in [1.29, 1.82) is 0 Å². The fourth-order valence-electron chi connectivity index (χ4n) is 2.91. The lowest BCUT2D eigenvalue weighted by molar-refractivity contribution is -0.127. The Labute approximate surface area is 174 Å². The average Bonchev–Trinajstić information content (AvgIpc) is 3.11. The van der Waals surface area contributed by atoms with Gasteiger partial charge < -0.3 is 16.4 Å². The zero-order valence-corrected chi connectivity index (χ0v) is 17.7. The van der Waals surface area contributed by atoms with Crippen LogP contribution in [0.5, 0.6) is 0 Å². The SMILES string of the molecule is CC(C)[C@H](N)C(=O)NCC(=O)NCc1ccccc1CN1CCCC1.Cl.Cl. The highest BCUT2D eigenvalue weighted by molar-refractivity contribution is 5.87. The fraction of sp³-hybridized carbons (Fsp3) is 0.579. The van der Waals surface area contributed by atoms with Crippen molar-refractivity contribution in [2.24, 2.45) is 11.7 Å². The molecule has 4 N–H and O–H groups in total. The summed E-state index contributed by atoms with van der Waals surface area (Å²) < 4.78 is 0. The second kappa shape index (κ2) is 12.9. The smallest absolute Gasteiger partial charge is 0.239 e. The molecule has 0 unspecified atom stereocenters. The maximum absolute atomic E-state index is 12.0. The predicted octanol–water partition coefficient (Wildman–Crippen LogP) is 1.84. The molecule has 6 nitrogen and oxygen atoms in total. The number of carbonyl (C=O) groups is 2. The zero-order valence-electron chi connectivity index (χ0n) is 16.1. The van der Waals surface area contributed by atoms with E-state index in [1.165, 1.54) is 18.4 Å². The first-order valence-corrected chi connectivity index (χ1v) is 9.06. The first kappa shape index (κ1) is 25.7. The van der Waals surface area contributed by atoms with Crippen molar-refractivity contribution in [3.8, 4) is 0 Å². The normalized spacial score (nSPS) is 14.8. The van der Waals surface area contributed by atoms with E-state index in [1.54, 1.807) is 0 Å². The highest BCUT2D eigenvalue weighted by atomic mass is 35.5. The molecule has 154 valence electrons. The Balaban J connectivity index is 0.00000338. The third-order valence-corrected chi connectivity index (χ3v) is 4.63. The van der Waals surface area contributed by atoms with Gasteiger partial charge in [-0.15, -0.1) is 24.8 Å². The van der Waals surface area contributed by atoms with Crippen LogP contribution < -0.4 is 16.4 Å². The predicted molar refractivity (Wildman–Crippen MR) is 113 cm³/mol. The number of benzene rings is 1. The fourth-order valence-corrected chi connectivity index (χ4v) is 2.91. The molecule has 1 fully saturated rings. The Bertz CT molecular complexity index is 593. The van der Waals surface area contributed by atoms with Gasteiger partial charge in [-0.3, -0.25) is 14.5 Å². The summed E-state index contributed by atoms with van der Waals surface area (Å²) in [5.41, 5.74) is 8.12. The maximum Gasteiger partial charge on any atom is 0.239 e. The molecule has 2 amide bonds. The minimum absolute atomic E-state index is 0. The van der Waals surface area contributed by atoms with E-state index in [0.29, 0.717) is 6.54 Å². The van der Waals surface area contributed by atoms with Crippen LogP contribution in [0.4, 0.5) is 0 Å². The number of hydrogen-bond acceptors (Lipinski definition) is 4. The summed E-state index contributed by atoms with van der Waals surface area (Å²) >= 11 is 0. The van der Waals surface area contributed by atoms with Crippen LogP contribution in [-0.4, -0.2) is 42.4 Å². The number of nitrogens with zero attached hydrogens (tertiary/aromatic N) is 1. The van der Waals surface area contributed by atoms with Gasteiger partial charge in [-0.2, -0.15) is 0 Å². The summed E-state index contributed by atoms with van der Waals surface area (Å²) in [6.45, 7) is 7.38. The summed E-state index contributed by atoms with van der Waals surface area (Å²) in [6, 6.07) is 7.58. The van der Waals surface area contributed by atoms with Crippen molar-refractivity contribution in [2.45, 2.75) is 45.8 Å². The molecule has 27 heavy (non-hydrogen) atoms. The van der Waals surface area contributed by atoms with Gasteiger partial charge in [0, 0.05) is 13.1 Å². The highest BCUT2D eigenvalue weighted by Gasteiger charge is 2.18. The molecule has 1 aliphatic heterocycles. The highest BCUT2D eigenvalue weighted by Crippen LogP contribution is 2.16. The van der Waals surface area contributed by atoms with E-state index < -0.39 is 6.04 Å². The number of likely N-dealkylation sites (tertiary alicyclic amines) is 1. The van der Waals surface area contributed by atoms with Crippen LogP contribution in [0.25, 0.3) is 0 Å². The summed E-state index contributed by atoms with van der Waals surface area (Å²) in [4.78, 5) is 26.2. The summed E-state index contributed by atoms with van der Waals surface area (Å²) in [5.74, 6) is -0.458. The van der Waals surface area contributed by atoms with Gasteiger partial charge in [0.05, 0.1) is 12.6 Å². The van der Waals surface area contributed by atoms with E-state index in [4.69, 9.17) is 5.73 Å². The van der Waals surface area contributed by atoms with E-state index in [0.717, 1.165) is 25.2 Å². The summed E-state index contributed by atoms with van der Waals surface area (Å²) in [6.07, 6.45) is 2.52. The van der Waals surface area contributed by atoms with Crippen LogP contribution in [0.3, 0.4) is 0 Å². The third-order valence-electron chi connectivity index (χ3n) is 4.63. The van der Waals surface area contributed by atoms with Crippen molar-refractivity contribution in [2.75, 3.05) is 19.6 Å². The molecule has 0 aromatic heterocycles. The molecule has 0 spiro atoms. The standard InChI is InChI=1S/C19H30N4O2.2ClH/c1-14(2)18(20)19(25)22-12-17(24)21-11-15-7-3-4-8-16(15)13-23-9-5-6-10-23;;/h3-4,7-8,14,18H,5-6,9-13,20H2,1-2H3,(H,21,24)(H,22,25);2*1H/t18-;;/m0../s1. The molecule has 2 rings (SSSR count). The van der Waals surface area contributed by atoms with Crippen molar-refractivity contribution < 1.29 is 9.59 Å². The van der Waals surface area contributed by atoms with Crippen molar-refractivity contribution in [3.05, 3.63) is 35.4 Å². The average molecular weight is 419 g/mol. The molecule has 1 heterocycles. The van der Waals surface area contributed by atoms with Crippen LogP contribution in [0.2, 0.25) is 0 Å². The van der Waals surface area contributed by atoms with Crippen molar-refractivity contribution in [1.82, 2.24) is 15.5 Å². The number of halogens is 2. The van der Waals surface area contributed by atoms with Crippen LogP contribution in [0, 0.1) is 5.92 Å². The Morgan fingerprint density at radius 3 is 2.26 bits per heavy atom. The Kier molecular flexibility index (Phi) is 12.3. The third kappa shape index (κ3) is 8.47. The van der Waals surface area contributed by atoms with Gasteiger partial charge in [-0.05, 0) is 43.0 Å². The molecular weight excluding hydrogens is 387 g/mol. The first-order valence-electron chi connectivity index (χ1n) is 9.06. The molecule has 1 atom stereocenters. The monoisotopic (exact) mass is 418 g/mol. The molecule has 0 bridgehead atoms. The number of amides is 2. The molecule has 0 saturated carbocycles. The Morgan fingerprint density at radius 2 is 1.67 bits per heavy atom. The lowest BCUT2D eigenvalue weighted by Crippen LogP contribution is -2.47. The van der Waals surface area contributed by atoms with Crippen molar-refractivity contribution >= 4 is 36.6 Å². The van der Waals surface area contributed by atoms with E-state index in [1.807, 2.05) is 32.0 Å². The number of rotatable bonds is 8. The Morgan fingerprint density at radius 1 is 1.07 bits per heavy atom. The molecule has 8 heteroatoms. The van der Waals surface area contributed by atoms with Gasteiger partial charge in [-0.1, -0.05) is 38.1 Å². The maximum atomic E-state index is 12.0. The number of carbonyl (C=O) groups excluding carboxylic acids is 2. The second-order valence-corrected chi connectivity index (χ2v) is 7.02. The molecule has 1 aromatic carbocycles. The van der Waals surface area contributed by atoms with Gasteiger partial charge >= 0.3 is 0 Å². The first-order chi connectivity index (χ1) is 12.0. The lowest BCUT2D eigenvalue weighted by Gasteiger charge is -2.18. The molecule has 0 aliphatic carbocycles.